The van der Waals surface area contributed by atoms with Gasteiger partial charge in [-0.3, -0.25) is 0 Å². The van der Waals surface area contributed by atoms with Crippen LogP contribution in [0.15, 0.2) is 164 Å². The molecule has 3 nitrogen and oxygen atoms in total. The predicted molar refractivity (Wildman–Crippen MR) is 191 cm³/mol. The molecule has 2 heterocycles. The van der Waals surface area contributed by atoms with Gasteiger partial charge in [0.25, 0.3) is 0 Å². The maximum Gasteiger partial charge on any atom is 0.0998 e. The molecule has 0 unspecified atom stereocenters. The van der Waals surface area contributed by atoms with Gasteiger partial charge in [-0.25, -0.2) is 0 Å². The van der Waals surface area contributed by atoms with E-state index in [0.29, 0.717) is 5.56 Å². The highest BCUT2D eigenvalue weighted by Crippen LogP contribution is 2.38. The van der Waals surface area contributed by atoms with E-state index in [2.05, 4.69) is 155 Å². The Morgan fingerprint density at radius 3 is 1.30 bits per heavy atom. The Kier molecular flexibility index (Phi) is 5.88. The number of nitriles is 1. The van der Waals surface area contributed by atoms with Crippen LogP contribution in [-0.4, -0.2) is 9.13 Å². The van der Waals surface area contributed by atoms with E-state index >= 15 is 0 Å². The van der Waals surface area contributed by atoms with Crippen LogP contribution in [-0.2, 0) is 0 Å². The maximum absolute atomic E-state index is 9.84. The van der Waals surface area contributed by atoms with Gasteiger partial charge in [-0.05, 0) is 76.9 Å². The van der Waals surface area contributed by atoms with Crippen molar-refractivity contribution in [3.8, 4) is 39.7 Å². The van der Waals surface area contributed by atoms with Gasteiger partial charge in [0.1, 0.15) is 0 Å². The number of para-hydroxylation sites is 4. The third-order valence-corrected chi connectivity index (χ3v) is 9.13. The summed E-state index contributed by atoms with van der Waals surface area (Å²) in [4.78, 5) is 0. The van der Waals surface area contributed by atoms with E-state index in [4.69, 9.17) is 0 Å². The second-order valence-electron chi connectivity index (χ2n) is 11.7. The Morgan fingerprint density at radius 1 is 0.370 bits per heavy atom. The Labute approximate surface area is 266 Å². The lowest BCUT2D eigenvalue weighted by molar-refractivity contribution is 1.13. The standard InChI is InChI=1S/C43H27N3/c44-28-31-12-1-2-15-35(31)30-14-11-13-29(24-30)32-25-33(45-40-20-7-3-16-36(40)37-17-4-8-21-41(37)45)27-34(26-32)46-42-22-9-5-18-38(42)39-19-6-10-23-43(39)46/h1-27H. The van der Waals surface area contributed by atoms with Gasteiger partial charge in [0, 0.05) is 32.9 Å². The fourth-order valence-electron chi connectivity index (χ4n) is 7.12. The molecule has 0 aliphatic heterocycles. The third kappa shape index (κ3) is 3.98. The van der Waals surface area contributed by atoms with Crippen LogP contribution in [0.25, 0.3) is 77.2 Å². The van der Waals surface area contributed by atoms with Gasteiger partial charge < -0.3 is 9.13 Å². The largest absolute Gasteiger partial charge is 0.309 e. The molecule has 0 saturated heterocycles. The Bertz CT molecular complexity index is 2420. The molecule has 0 aliphatic rings. The van der Waals surface area contributed by atoms with E-state index in [9.17, 15) is 5.26 Å². The smallest absolute Gasteiger partial charge is 0.0998 e. The Hall–Kier alpha value is -6.37. The summed E-state index contributed by atoms with van der Waals surface area (Å²) >= 11 is 0. The van der Waals surface area contributed by atoms with Crippen LogP contribution in [0.2, 0.25) is 0 Å². The van der Waals surface area contributed by atoms with E-state index in [1.807, 2.05) is 24.3 Å². The summed E-state index contributed by atoms with van der Waals surface area (Å²) in [6, 6.07) is 60.2. The lowest BCUT2D eigenvalue weighted by atomic mass is 9.96. The molecule has 0 aliphatic carbocycles. The molecule has 0 N–H and O–H groups in total. The molecule has 2 aromatic heterocycles. The first kappa shape index (κ1) is 26.1. The van der Waals surface area contributed by atoms with Crippen LogP contribution in [0.1, 0.15) is 5.56 Å². The van der Waals surface area contributed by atoms with Crippen LogP contribution in [0.5, 0.6) is 0 Å². The Morgan fingerprint density at radius 2 is 0.804 bits per heavy atom. The van der Waals surface area contributed by atoms with Crippen LogP contribution in [0, 0.1) is 11.3 Å². The molecular formula is C43H27N3. The maximum atomic E-state index is 9.84. The van der Waals surface area contributed by atoms with Crippen LogP contribution in [0.4, 0.5) is 0 Å². The molecule has 0 spiro atoms. The number of nitrogens with zero attached hydrogens (tertiary/aromatic N) is 3. The SMILES string of the molecule is N#Cc1ccccc1-c1cccc(-c2cc(-n3c4ccccc4c4ccccc43)cc(-n3c4ccccc4c4ccccc43)c2)c1. The zero-order chi connectivity index (χ0) is 30.6. The van der Waals surface area contributed by atoms with Gasteiger partial charge in [-0.2, -0.15) is 5.26 Å². The van der Waals surface area contributed by atoms with Crippen molar-refractivity contribution in [3.05, 3.63) is 169 Å². The zero-order valence-corrected chi connectivity index (χ0v) is 24.9. The third-order valence-electron chi connectivity index (χ3n) is 9.13. The Balaban J connectivity index is 1.37. The van der Waals surface area contributed by atoms with E-state index in [-0.39, 0.29) is 0 Å². The normalized spacial score (nSPS) is 11.5. The van der Waals surface area contributed by atoms with Gasteiger partial charge in [0.05, 0.1) is 33.7 Å². The topological polar surface area (TPSA) is 33.6 Å². The van der Waals surface area contributed by atoms with Crippen molar-refractivity contribution >= 4 is 43.6 Å². The average molecular weight is 586 g/mol. The molecule has 0 amide bonds. The molecule has 0 fully saturated rings. The van der Waals surface area contributed by atoms with Gasteiger partial charge in [-0.1, -0.05) is 109 Å². The first-order valence-electron chi connectivity index (χ1n) is 15.5. The van der Waals surface area contributed by atoms with Crippen molar-refractivity contribution in [1.29, 1.82) is 5.26 Å². The summed E-state index contributed by atoms with van der Waals surface area (Å²) in [5, 5.41) is 14.8. The van der Waals surface area contributed by atoms with Gasteiger partial charge in [0.2, 0.25) is 0 Å². The lowest BCUT2D eigenvalue weighted by Gasteiger charge is -2.16. The van der Waals surface area contributed by atoms with E-state index in [1.165, 1.54) is 43.6 Å². The fraction of sp³-hybridized carbons (Fsp3) is 0. The van der Waals surface area contributed by atoms with Crippen molar-refractivity contribution in [2.45, 2.75) is 0 Å². The van der Waals surface area contributed by atoms with Crippen molar-refractivity contribution < 1.29 is 0 Å². The summed E-state index contributed by atoms with van der Waals surface area (Å²) in [6.45, 7) is 0. The summed E-state index contributed by atoms with van der Waals surface area (Å²) in [7, 11) is 0. The summed E-state index contributed by atoms with van der Waals surface area (Å²) in [6.07, 6.45) is 0. The quantitative estimate of drug-likeness (QED) is 0.202. The minimum Gasteiger partial charge on any atom is -0.309 e. The molecule has 3 heteroatoms. The summed E-state index contributed by atoms with van der Waals surface area (Å²) in [5.41, 5.74) is 11.7. The molecule has 0 bridgehead atoms. The number of rotatable bonds is 4. The highest BCUT2D eigenvalue weighted by Gasteiger charge is 2.17. The van der Waals surface area contributed by atoms with Crippen LogP contribution in [0.3, 0.4) is 0 Å². The van der Waals surface area contributed by atoms with Gasteiger partial charge >= 0.3 is 0 Å². The van der Waals surface area contributed by atoms with E-state index in [1.54, 1.807) is 0 Å². The molecule has 7 aromatic carbocycles. The summed E-state index contributed by atoms with van der Waals surface area (Å²) in [5.74, 6) is 0. The van der Waals surface area contributed by atoms with Crippen molar-refractivity contribution in [3.63, 3.8) is 0 Å². The molecule has 0 saturated carbocycles. The highest BCUT2D eigenvalue weighted by molar-refractivity contribution is 6.10. The molecule has 9 rings (SSSR count). The second-order valence-corrected chi connectivity index (χ2v) is 11.7. The number of hydrogen-bond donors (Lipinski definition) is 0. The number of aromatic nitrogens is 2. The predicted octanol–water partition coefficient (Wildman–Crippen LogP) is 11.1. The first-order chi connectivity index (χ1) is 22.8. The fourth-order valence-corrected chi connectivity index (χ4v) is 7.12. The minimum absolute atomic E-state index is 0.671. The number of hydrogen-bond acceptors (Lipinski definition) is 1. The minimum atomic E-state index is 0.671. The van der Waals surface area contributed by atoms with Crippen molar-refractivity contribution in [2.24, 2.45) is 0 Å². The molecule has 9 aromatic rings. The highest BCUT2D eigenvalue weighted by atomic mass is 15.0. The van der Waals surface area contributed by atoms with Crippen LogP contribution < -0.4 is 0 Å². The lowest BCUT2D eigenvalue weighted by Crippen LogP contribution is -2.00. The second kappa shape index (κ2) is 10.4. The number of fused-ring (bicyclic) bond motifs is 6. The van der Waals surface area contributed by atoms with Crippen molar-refractivity contribution in [2.75, 3.05) is 0 Å². The van der Waals surface area contributed by atoms with Crippen molar-refractivity contribution in [1.82, 2.24) is 9.13 Å². The summed E-state index contributed by atoms with van der Waals surface area (Å²) < 4.78 is 4.78. The first-order valence-corrected chi connectivity index (χ1v) is 15.5. The average Bonchev–Trinajstić information content (AvgIpc) is 3.65. The zero-order valence-electron chi connectivity index (χ0n) is 24.9. The van der Waals surface area contributed by atoms with Gasteiger partial charge in [0.15, 0.2) is 0 Å². The van der Waals surface area contributed by atoms with E-state index < -0.39 is 0 Å². The number of benzene rings is 7. The van der Waals surface area contributed by atoms with Gasteiger partial charge in [-0.15, -0.1) is 0 Å². The monoisotopic (exact) mass is 585 g/mol. The molecule has 0 radical (unpaired) electrons. The van der Waals surface area contributed by atoms with E-state index in [0.717, 1.165) is 33.6 Å². The molecular weight excluding hydrogens is 558 g/mol. The molecule has 214 valence electrons. The molecule has 0 atom stereocenters. The molecule has 46 heavy (non-hydrogen) atoms. The van der Waals surface area contributed by atoms with Crippen LogP contribution >= 0.6 is 0 Å².